The molecule has 0 aliphatic carbocycles. The lowest BCUT2D eigenvalue weighted by Gasteiger charge is -2.20. The van der Waals surface area contributed by atoms with Crippen LogP contribution in [0.2, 0.25) is 5.02 Å². The number of para-hydroxylation sites is 1. The first kappa shape index (κ1) is 20.8. The summed E-state index contributed by atoms with van der Waals surface area (Å²) < 4.78 is 40.6. The van der Waals surface area contributed by atoms with Crippen LogP contribution in [0.3, 0.4) is 0 Å². The van der Waals surface area contributed by atoms with Crippen molar-refractivity contribution in [3.05, 3.63) is 94.8 Å². The van der Waals surface area contributed by atoms with Crippen LogP contribution < -0.4 is 9.62 Å². The standard InChI is InChI=1S/C21H18ClFN2O3S/c1-25(20-12-5-4-11-19(20)23)29(27,28)17-9-6-8-15(13-17)21(26)24-14-16-7-2-3-10-18(16)22/h2-13H,14H2,1H3,(H,24,26). The molecule has 1 amide bonds. The molecule has 0 saturated carbocycles. The van der Waals surface area contributed by atoms with E-state index in [9.17, 15) is 17.6 Å². The highest BCUT2D eigenvalue weighted by Gasteiger charge is 2.24. The average molecular weight is 433 g/mol. The van der Waals surface area contributed by atoms with Gasteiger partial charge in [0.05, 0.1) is 10.6 Å². The third-order valence-corrected chi connectivity index (χ3v) is 6.48. The van der Waals surface area contributed by atoms with Crippen LogP contribution in [0.15, 0.2) is 77.7 Å². The highest BCUT2D eigenvalue weighted by atomic mass is 35.5. The molecule has 0 unspecified atom stereocenters. The van der Waals surface area contributed by atoms with Crippen LogP contribution in [0.4, 0.5) is 10.1 Å². The number of benzene rings is 3. The zero-order chi connectivity index (χ0) is 21.0. The highest BCUT2D eigenvalue weighted by Crippen LogP contribution is 2.25. The number of nitrogens with one attached hydrogen (secondary N) is 1. The molecule has 0 fully saturated rings. The van der Waals surface area contributed by atoms with Gasteiger partial charge in [-0.2, -0.15) is 0 Å². The van der Waals surface area contributed by atoms with Gasteiger partial charge < -0.3 is 5.32 Å². The summed E-state index contributed by atoms with van der Waals surface area (Å²) in [6, 6.07) is 18.2. The number of rotatable bonds is 6. The van der Waals surface area contributed by atoms with E-state index in [-0.39, 0.29) is 22.7 Å². The zero-order valence-electron chi connectivity index (χ0n) is 15.5. The third-order valence-electron chi connectivity index (χ3n) is 4.34. The predicted octanol–water partition coefficient (Wildman–Crippen LogP) is 4.23. The first-order valence-electron chi connectivity index (χ1n) is 8.66. The fourth-order valence-electron chi connectivity index (χ4n) is 2.71. The van der Waals surface area contributed by atoms with E-state index >= 15 is 0 Å². The van der Waals surface area contributed by atoms with Crippen molar-refractivity contribution in [3.8, 4) is 0 Å². The molecule has 1 N–H and O–H groups in total. The van der Waals surface area contributed by atoms with Crippen LogP contribution in [0.25, 0.3) is 0 Å². The van der Waals surface area contributed by atoms with Gasteiger partial charge in [0, 0.05) is 24.2 Å². The Bertz CT molecular complexity index is 1150. The van der Waals surface area contributed by atoms with E-state index in [1.165, 1.54) is 49.5 Å². The Labute approximate surface area is 173 Å². The maximum Gasteiger partial charge on any atom is 0.264 e. The van der Waals surface area contributed by atoms with Crippen molar-refractivity contribution in [2.24, 2.45) is 0 Å². The fourth-order valence-corrected chi connectivity index (χ4v) is 4.16. The molecule has 0 radical (unpaired) electrons. The minimum Gasteiger partial charge on any atom is -0.348 e. The van der Waals surface area contributed by atoms with Gasteiger partial charge in [-0.1, -0.05) is 48.0 Å². The SMILES string of the molecule is CN(c1ccccc1F)S(=O)(=O)c1cccc(C(=O)NCc2ccccc2Cl)c1. The second-order valence-electron chi connectivity index (χ2n) is 6.23. The summed E-state index contributed by atoms with van der Waals surface area (Å²) in [5.74, 6) is -1.11. The van der Waals surface area contributed by atoms with E-state index in [0.717, 1.165) is 9.87 Å². The van der Waals surface area contributed by atoms with Crippen LogP contribution in [0.5, 0.6) is 0 Å². The van der Waals surface area contributed by atoms with Gasteiger partial charge in [-0.3, -0.25) is 9.10 Å². The summed E-state index contributed by atoms with van der Waals surface area (Å²) in [4.78, 5) is 12.4. The Morgan fingerprint density at radius 3 is 2.45 bits per heavy atom. The summed E-state index contributed by atoms with van der Waals surface area (Å²) in [7, 11) is -2.79. The molecule has 0 aromatic heterocycles. The number of hydrogen-bond acceptors (Lipinski definition) is 3. The number of halogens is 2. The van der Waals surface area contributed by atoms with Gasteiger partial charge in [0.25, 0.3) is 15.9 Å². The third kappa shape index (κ3) is 4.58. The molecule has 3 aromatic carbocycles. The van der Waals surface area contributed by atoms with Gasteiger partial charge in [-0.15, -0.1) is 0 Å². The molecular formula is C21H18ClFN2O3S. The van der Waals surface area contributed by atoms with E-state index in [1.54, 1.807) is 30.3 Å². The van der Waals surface area contributed by atoms with E-state index in [0.29, 0.717) is 5.02 Å². The van der Waals surface area contributed by atoms with Gasteiger partial charge >= 0.3 is 0 Å². The molecule has 0 atom stereocenters. The average Bonchev–Trinajstić information content (AvgIpc) is 2.73. The Hall–Kier alpha value is -2.90. The largest absolute Gasteiger partial charge is 0.348 e. The van der Waals surface area contributed by atoms with E-state index < -0.39 is 21.7 Å². The highest BCUT2D eigenvalue weighted by molar-refractivity contribution is 7.92. The van der Waals surface area contributed by atoms with Crippen molar-refractivity contribution in [3.63, 3.8) is 0 Å². The molecule has 0 spiro atoms. The summed E-state index contributed by atoms with van der Waals surface area (Å²) in [5.41, 5.74) is 0.826. The first-order chi connectivity index (χ1) is 13.8. The van der Waals surface area contributed by atoms with E-state index in [2.05, 4.69) is 5.32 Å². The maximum absolute atomic E-state index is 14.0. The quantitative estimate of drug-likeness (QED) is 0.633. The van der Waals surface area contributed by atoms with Crippen molar-refractivity contribution in [2.75, 3.05) is 11.4 Å². The normalized spacial score (nSPS) is 11.1. The number of anilines is 1. The van der Waals surface area contributed by atoms with Crippen molar-refractivity contribution < 1.29 is 17.6 Å². The van der Waals surface area contributed by atoms with Gasteiger partial charge in [-0.05, 0) is 42.0 Å². The molecule has 0 aliphatic heterocycles. The molecule has 0 bridgehead atoms. The van der Waals surface area contributed by atoms with Crippen LogP contribution >= 0.6 is 11.6 Å². The van der Waals surface area contributed by atoms with Crippen LogP contribution in [-0.2, 0) is 16.6 Å². The second kappa shape index (κ2) is 8.63. The van der Waals surface area contributed by atoms with Crippen LogP contribution in [0, 0.1) is 5.82 Å². The number of carbonyl (C=O) groups excluding carboxylic acids is 1. The summed E-state index contributed by atoms with van der Waals surface area (Å²) in [5, 5.41) is 3.24. The predicted molar refractivity (Wildman–Crippen MR) is 111 cm³/mol. The lowest BCUT2D eigenvalue weighted by molar-refractivity contribution is 0.0950. The van der Waals surface area contributed by atoms with Crippen LogP contribution in [-0.4, -0.2) is 21.4 Å². The van der Waals surface area contributed by atoms with Crippen molar-refractivity contribution >= 4 is 33.2 Å². The summed E-state index contributed by atoms with van der Waals surface area (Å²) >= 11 is 6.08. The molecule has 3 aromatic rings. The Morgan fingerprint density at radius 1 is 1.03 bits per heavy atom. The fraction of sp³-hybridized carbons (Fsp3) is 0.0952. The number of hydrogen-bond donors (Lipinski definition) is 1. The minimum absolute atomic E-state index is 0.0823. The molecule has 5 nitrogen and oxygen atoms in total. The molecule has 0 saturated heterocycles. The smallest absolute Gasteiger partial charge is 0.264 e. The van der Waals surface area contributed by atoms with E-state index in [1.807, 2.05) is 0 Å². The van der Waals surface area contributed by atoms with Gasteiger partial charge in [-0.25, -0.2) is 12.8 Å². The number of amides is 1. The lowest BCUT2D eigenvalue weighted by Crippen LogP contribution is -2.28. The Kier molecular flexibility index (Phi) is 6.20. The molecule has 0 aliphatic rings. The second-order valence-corrected chi connectivity index (χ2v) is 8.60. The zero-order valence-corrected chi connectivity index (χ0v) is 17.0. The summed E-state index contributed by atoms with van der Waals surface area (Å²) in [6.45, 7) is 0.199. The molecule has 150 valence electrons. The number of sulfonamides is 1. The Morgan fingerprint density at radius 2 is 1.72 bits per heavy atom. The van der Waals surface area contributed by atoms with Gasteiger partial charge in [0.1, 0.15) is 5.82 Å². The van der Waals surface area contributed by atoms with Gasteiger partial charge in [0.15, 0.2) is 0 Å². The van der Waals surface area contributed by atoms with Gasteiger partial charge in [0.2, 0.25) is 0 Å². The minimum atomic E-state index is -4.05. The van der Waals surface area contributed by atoms with Crippen LogP contribution in [0.1, 0.15) is 15.9 Å². The Balaban J connectivity index is 1.82. The van der Waals surface area contributed by atoms with Crippen molar-refractivity contribution in [1.82, 2.24) is 5.32 Å². The molecule has 8 heteroatoms. The summed E-state index contributed by atoms with van der Waals surface area (Å²) in [6.07, 6.45) is 0. The number of nitrogens with zero attached hydrogens (tertiary/aromatic N) is 1. The van der Waals surface area contributed by atoms with Crippen molar-refractivity contribution in [1.29, 1.82) is 0 Å². The molecule has 29 heavy (non-hydrogen) atoms. The first-order valence-corrected chi connectivity index (χ1v) is 10.5. The topological polar surface area (TPSA) is 66.5 Å². The molecular weight excluding hydrogens is 415 g/mol. The number of carbonyl (C=O) groups is 1. The van der Waals surface area contributed by atoms with Crippen molar-refractivity contribution in [2.45, 2.75) is 11.4 Å². The molecule has 0 heterocycles. The monoisotopic (exact) mass is 432 g/mol. The molecule has 3 rings (SSSR count). The lowest BCUT2D eigenvalue weighted by atomic mass is 10.2. The van der Waals surface area contributed by atoms with E-state index in [4.69, 9.17) is 11.6 Å². The maximum atomic E-state index is 14.0.